The van der Waals surface area contributed by atoms with Crippen molar-refractivity contribution in [3.8, 4) is 0 Å². The number of halogens is 1. The number of rotatable bonds is 8. The molecule has 3 rings (SSSR count). The molecule has 2 heterocycles. The molecule has 1 amide bonds. The van der Waals surface area contributed by atoms with Gasteiger partial charge in [0.05, 0.1) is 11.9 Å². The van der Waals surface area contributed by atoms with Crippen molar-refractivity contribution in [1.82, 2.24) is 20.0 Å². The molecule has 0 spiro atoms. The van der Waals surface area contributed by atoms with Crippen molar-refractivity contribution >= 4 is 41.5 Å². The van der Waals surface area contributed by atoms with Crippen molar-refractivity contribution in [3.05, 3.63) is 12.4 Å². The average Bonchev–Trinajstić information content (AvgIpc) is 3.30. The molecular weight excluding hydrogens is 471 g/mol. The molecule has 8 nitrogen and oxygen atoms in total. The lowest BCUT2D eigenvalue weighted by Crippen LogP contribution is -2.55. The number of nitrogens with one attached hydrogen (secondary N) is 1. The number of guanidine groups is 1. The molecule has 2 aliphatic rings. The number of hydrogen-bond donors (Lipinski definition) is 1. The summed E-state index contributed by atoms with van der Waals surface area (Å²) in [5.41, 5.74) is 1.16. The minimum atomic E-state index is 0. The highest BCUT2D eigenvalue weighted by Gasteiger charge is 2.42. The summed E-state index contributed by atoms with van der Waals surface area (Å²) in [6.45, 7) is 9.02. The SMILES string of the molecule is CCNC(=NCC1(CCOCC)CC1)N1CCN(c2cnn(C)c2)C(=O)C1.I. The number of carbonyl (C=O) groups is 1. The van der Waals surface area contributed by atoms with Gasteiger partial charge in [0.25, 0.3) is 0 Å². The number of piperazine rings is 1. The maximum Gasteiger partial charge on any atom is 0.246 e. The second kappa shape index (κ2) is 10.4. The molecule has 0 radical (unpaired) electrons. The van der Waals surface area contributed by atoms with Crippen molar-refractivity contribution in [2.45, 2.75) is 33.1 Å². The highest BCUT2D eigenvalue weighted by molar-refractivity contribution is 14.0. The molecule has 1 N–H and O–H groups in total. The van der Waals surface area contributed by atoms with E-state index in [1.807, 2.05) is 20.2 Å². The number of anilines is 1. The Hall–Kier alpha value is -1.36. The van der Waals surface area contributed by atoms with E-state index in [1.165, 1.54) is 12.8 Å². The number of nitrogens with zero attached hydrogens (tertiary/aromatic N) is 5. The zero-order valence-electron chi connectivity index (χ0n) is 17.2. The van der Waals surface area contributed by atoms with E-state index in [0.29, 0.717) is 18.5 Å². The van der Waals surface area contributed by atoms with Crippen LogP contribution in [0.3, 0.4) is 0 Å². The normalized spacial score (nSPS) is 18.8. The number of carbonyl (C=O) groups excluding carboxylic acids is 1. The quantitative estimate of drug-likeness (QED) is 0.253. The maximum absolute atomic E-state index is 12.7. The predicted molar refractivity (Wildman–Crippen MR) is 121 cm³/mol. The van der Waals surface area contributed by atoms with Gasteiger partial charge in [-0.25, -0.2) is 0 Å². The molecule has 1 saturated carbocycles. The summed E-state index contributed by atoms with van der Waals surface area (Å²) in [5.74, 6) is 0.928. The first-order valence-electron chi connectivity index (χ1n) is 9.97. The molecule has 158 valence electrons. The smallest absolute Gasteiger partial charge is 0.246 e. The third-order valence-corrected chi connectivity index (χ3v) is 5.36. The van der Waals surface area contributed by atoms with E-state index in [1.54, 1.807) is 15.8 Å². The van der Waals surface area contributed by atoms with Crippen molar-refractivity contribution in [2.75, 3.05) is 50.8 Å². The molecular formula is C19H33IN6O2. The number of amides is 1. The number of aromatic nitrogens is 2. The molecule has 1 aliphatic heterocycles. The number of aliphatic imine (C=N–C) groups is 1. The van der Waals surface area contributed by atoms with E-state index in [9.17, 15) is 4.79 Å². The van der Waals surface area contributed by atoms with E-state index >= 15 is 0 Å². The second-order valence-electron chi connectivity index (χ2n) is 7.46. The Kier molecular flexibility index (Phi) is 8.54. The largest absolute Gasteiger partial charge is 0.382 e. The van der Waals surface area contributed by atoms with Crippen LogP contribution in [0.4, 0.5) is 5.69 Å². The van der Waals surface area contributed by atoms with E-state index in [4.69, 9.17) is 9.73 Å². The molecule has 9 heteroatoms. The summed E-state index contributed by atoms with van der Waals surface area (Å²) in [4.78, 5) is 21.4. The van der Waals surface area contributed by atoms with Gasteiger partial charge in [-0.15, -0.1) is 24.0 Å². The van der Waals surface area contributed by atoms with Gasteiger partial charge < -0.3 is 19.9 Å². The Bertz CT molecular complexity index is 673. The minimum absolute atomic E-state index is 0. The molecule has 1 saturated heterocycles. The summed E-state index contributed by atoms with van der Waals surface area (Å²) in [6.07, 6.45) is 7.12. The fraction of sp³-hybridized carbons (Fsp3) is 0.737. The van der Waals surface area contributed by atoms with Crippen molar-refractivity contribution in [1.29, 1.82) is 0 Å². The fourth-order valence-electron chi connectivity index (χ4n) is 3.44. The monoisotopic (exact) mass is 504 g/mol. The average molecular weight is 504 g/mol. The first kappa shape index (κ1) is 22.9. The lowest BCUT2D eigenvalue weighted by molar-refractivity contribution is -0.120. The second-order valence-corrected chi connectivity index (χ2v) is 7.46. The summed E-state index contributed by atoms with van der Waals surface area (Å²) in [7, 11) is 1.86. The zero-order chi connectivity index (χ0) is 19.3. The first-order valence-corrected chi connectivity index (χ1v) is 9.97. The summed E-state index contributed by atoms with van der Waals surface area (Å²) in [6, 6.07) is 0. The lowest BCUT2D eigenvalue weighted by Gasteiger charge is -2.35. The van der Waals surface area contributed by atoms with Crippen molar-refractivity contribution in [3.63, 3.8) is 0 Å². The number of hydrogen-bond acceptors (Lipinski definition) is 4. The molecule has 1 aromatic rings. The Morgan fingerprint density at radius 1 is 1.36 bits per heavy atom. The Labute approximate surface area is 184 Å². The standard InChI is InChI=1S/C19H32N6O2.HI/c1-4-20-18(21-15-19(6-7-19)8-11-27-5-2)24-9-10-25(17(26)14-24)16-12-22-23(3)13-16;/h12-13H,4-11,14-15H2,1-3H3,(H,20,21);1H. The van der Waals surface area contributed by atoms with Gasteiger partial charge in [0.1, 0.15) is 6.54 Å². The number of ether oxygens (including phenoxy) is 1. The fourth-order valence-corrected chi connectivity index (χ4v) is 3.44. The summed E-state index contributed by atoms with van der Waals surface area (Å²) >= 11 is 0. The molecule has 0 aromatic carbocycles. The van der Waals surface area contributed by atoms with Crippen molar-refractivity contribution < 1.29 is 9.53 Å². The van der Waals surface area contributed by atoms with Gasteiger partial charge in [0.2, 0.25) is 5.91 Å². The summed E-state index contributed by atoms with van der Waals surface area (Å²) < 4.78 is 7.24. The third-order valence-electron chi connectivity index (χ3n) is 5.36. The molecule has 0 atom stereocenters. The molecule has 0 bridgehead atoms. The Morgan fingerprint density at radius 2 is 2.14 bits per heavy atom. The molecule has 1 aliphatic carbocycles. The van der Waals surface area contributed by atoms with Gasteiger partial charge in [-0.3, -0.25) is 14.5 Å². The molecule has 2 fully saturated rings. The van der Waals surface area contributed by atoms with E-state index in [0.717, 1.165) is 50.9 Å². The Balaban J connectivity index is 0.00000280. The lowest BCUT2D eigenvalue weighted by atomic mass is 10.0. The van der Waals surface area contributed by atoms with Gasteiger partial charge in [-0.1, -0.05) is 0 Å². The first-order chi connectivity index (χ1) is 13.1. The van der Waals surface area contributed by atoms with Gasteiger partial charge in [0.15, 0.2) is 5.96 Å². The minimum Gasteiger partial charge on any atom is -0.382 e. The third kappa shape index (κ3) is 5.82. The molecule has 1 aromatic heterocycles. The zero-order valence-corrected chi connectivity index (χ0v) is 19.5. The van der Waals surface area contributed by atoms with Crippen LogP contribution in [-0.2, 0) is 16.6 Å². The van der Waals surface area contributed by atoms with Crippen LogP contribution in [0.15, 0.2) is 17.4 Å². The van der Waals surface area contributed by atoms with E-state index < -0.39 is 0 Å². The van der Waals surface area contributed by atoms with Crippen LogP contribution < -0.4 is 10.2 Å². The Morgan fingerprint density at radius 3 is 2.71 bits per heavy atom. The van der Waals surface area contributed by atoms with Crippen LogP contribution in [0.25, 0.3) is 0 Å². The maximum atomic E-state index is 12.7. The topological polar surface area (TPSA) is 75.0 Å². The molecule has 0 unspecified atom stereocenters. The van der Waals surface area contributed by atoms with Crippen LogP contribution >= 0.6 is 24.0 Å². The van der Waals surface area contributed by atoms with Gasteiger partial charge >= 0.3 is 0 Å². The van der Waals surface area contributed by atoms with Crippen LogP contribution in [0.1, 0.15) is 33.1 Å². The van der Waals surface area contributed by atoms with Crippen molar-refractivity contribution in [2.24, 2.45) is 17.5 Å². The van der Waals surface area contributed by atoms with Crippen LogP contribution in [0, 0.1) is 5.41 Å². The van der Waals surface area contributed by atoms with E-state index in [-0.39, 0.29) is 29.9 Å². The van der Waals surface area contributed by atoms with Crippen LogP contribution in [0.5, 0.6) is 0 Å². The van der Waals surface area contributed by atoms with Crippen LogP contribution in [-0.4, -0.2) is 72.5 Å². The van der Waals surface area contributed by atoms with Gasteiger partial charge in [-0.05, 0) is 38.5 Å². The number of aryl methyl sites for hydroxylation is 1. The molecule has 28 heavy (non-hydrogen) atoms. The van der Waals surface area contributed by atoms with Gasteiger partial charge in [-0.2, -0.15) is 5.10 Å². The van der Waals surface area contributed by atoms with E-state index in [2.05, 4.69) is 22.2 Å². The van der Waals surface area contributed by atoms with Crippen LogP contribution in [0.2, 0.25) is 0 Å². The van der Waals surface area contributed by atoms with Gasteiger partial charge in [0, 0.05) is 52.6 Å². The predicted octanol–water partition coefficient (Wildman–Crippen LogP) is 1.86. The summed E-state index contributed by atoms with van der Waals surface area (Å²) in [5, 5.41) is 7.52. The highest BCUT2D eigenvalue weighted by atomic mass is 127. The highest BCUT2D eigenvalue weighted by Crippen LogP contribution is 2.49.